The standard InChI is InChI=1S/C23H28F2O7/c1-11(27)32-23(19(31)10-26)17(29)8-13-14-7-16(24)15-6-12(28)4-5-20(15,2)22(14,25)18(30)9-21(13,23)3/h4-6,13-14,16-18,26,29-30H,7-10H2,1-3H3/t13-,14-,16-,17+,18-,20-,21-,22-,23-/m0/s1. The summed E-state index contributed by atoms with van der Waals surface area (Å²) in [6, 6.07) is 0. The number of esters is 1. The molecule has 32 heavy (non-hydrogen) atoms. The number of ketones is 2. The molecule has 3 N–H and O–H groups in total. The van der Waals surface area contributed by atoms with E-state index in [9.17, 15) is 29.7 Å². The van der Waals surface area contributed by atoms with Crippen molar-refractivity contribution >= 4 is 17.5 Å². The van der Waals surface area contributed by atoms with Gasteiger partial charge in [0.2, 0.25) is 11.4 Å². The van der Waals surface area contributed by atoms with Crippen LogP contribution in [-0.4, -0.2) is 69.1 Å². The van der Waals surface area contributed by atoms with Crippen LogP contribution in [0.4, 0.5) is 8.78 Å². The minimum absolute atomic E-state index is 0.0392. The van der Waals surface area contributed by atoms with Crippen molar-refractivity contribution in [2.45, 2.75) is 69.7 Å². The van der Waals surface area contributed by atoms with E-state index in [4.69, 9.17) is 4.74 Å². The predicted molar refractivity (Wildman–Crippen MR) is 107 cm³/mol. The molecule has 9 atom stereocenters. The third kappa shape index (κ3) is 2.53. The van der Waals surface area contributed by atoms with Gasteiger partial charge in [-0.15, -0.1) is 0 Å². The second-order valence-electron chi connectivity index (χ2n) is 10.0. The summed E-state index contributed by atoms with van der Waals surface area (Å²) < 4.78 is 37.7. The van der Waals surface area contributed by atoms with Crippen molar-refractivity contribution in [3.05, 3.63) is 23.8 Å². The predicted octanol–water partition coefficient (Wildman–Crippen LogP) is 1.14. The van der Waals surface area contributed by atoms with Gasteiger partial charge in [0.25, 0.3) is 0 Å². The van der Waals surface area contributed by atoms with Gasteiger partial charge in [0.15, 0.2) is 11.5 Å². The van der Waals surface area contributed by atoms with Crippen LogP contribution in [0.15, 0.2) is 23.8 Å². The molecule has 3 fully saturated rings. The van der Waals surface area contributed by atoms with Crippen molar-refractivity contribution in [3.63, 3.8) is 0 Å². The number of aliphatic hydroxyl groups excluding tert-OH is 3. The van der Waals surface area contributed by atoms with Crippen molar-refractivity contribution in [1.29, 1.82) is 0 Å². The third-order valence-electron chi connectivity index (χ3n) is 8.68. The van der Waals surface area contributed by atoms with Crippen LogP contribution in [0.25, 0.3) is 0 Å². The zero-order chi connectivity index (χ0) is 23.9. The molecule has 9 heteroatoms. The normalized spacial score (nSPS) is 49.6. The summed E-state index contributed by atoms with van der Waals surface area (Å²) in [5.74, 6) is -4.28. The molecular weight excluding hydrogens is 426 g/mol. The largest absolute Gasteiger partial charge is 0.448 e. The molecule has 0 radical (unpaired) electrons. The van der Waals surface area contributed by atoms with Crippen LogP contribution in [0, 0.1) is 22.7 Å². The molecule has 0 aromatic rings. The van der Waals surface area contributed by atoms with Crippen molar-refractivity contribution < 1.29 is 43.2 Å². The number of aliphatic hydroxyl groups is 3. The van der Waals surface area contributed by atoms with Gasteiger partial charge in [-0.25, -0.2) is 8.78 Å². The Balaban J connectivity index is 1.89. The number of alkyl halides is 2. The maximum absolute atomic E-state index is 17.0. The maximum Gasteiger partial charge on any atom is 0.303 e. The molecule has 4 aliphatic rings. The van der Waals surface area contributed by atoms with Gasteiger partial charge in [0, 0.05) is 23.7 Å². The summed E-state index contributed by atoms with van der Waals surface area (Å²) in [5, 5.41) is 31.8. The Bertz CT molecular complexity index is 947. The molecule has 0 unspecified atom stereocenters. The zero-order valence-electron chi connectivity index (χ0n) is 18.2. The Labute approximate surface area is 184 Å². The van der Waals surface area contributed by atoms with E-state index in [0.717, 1.165) is 19.1 Å². The first-order valence-corrected chi connectivity index (χ1v) is 10.8. The minimum Gasteiger partial charge on any atom is -0.448 e. The molecule has 3 saturated carbocycles. The fraction of sp³-hybridized carbons (Fsp3) is 0.696. The number of carbonyl (C=O) groups excluding carboxylic acids is 3. The molecule has 0 aromatic heterocycles. The number of Topliss-reactive ketones (excluding diaryl/α,β-unsaturated/α-hetero) is 1. The van der Waals surface area contributed by atoms with Gasteiger partial charge in [0.05, 0.1) is 6.10 Å². The first-order valence-electron chi connectivity index (χ1n) is 10.8. The van der Waals surface area contributed by atoms with Crippen LogP contribution < -0.4 is 0 Å². The van der Waals surface area contributed by atoms with Gasteiger partial charge < -0.3 is 20.1 Å². The number of halogens is 2. The fourth-order valence-electron chi connectivity index (χ4n) is 7.29. The van der Waals surface area contributed by atoms with Crippen LogP contribution >= 0.6 is 0 Å². The number of ether oxygens (including phenoxy) is 1. The lowest BCUT2D eigenvalue weighted by Gasteiger charge is -2.63. The molecule has 0 amide bonds. The van der Waals surface area contributed by atoms with Crippen molar-refractivity contribution in [2.75, 3.05) is 6.61 Å². The highest BCUT2D eigenvalue weighted by molar-refractivity contribution is 6.01. The molecule has 176 valence electrons. The van der Waals surface area contributed by atoms with Crippen LogP contribution in [0.1, 0.15) is 40.0 Å². The lowest BCUT2D eigenvalue weighted by atomic mass is 9.44. The molecule has 4 rings (SSSR count). The molecule has 0 spiro atoms. The number of hydrogen-bond donors (Lipinski definition) is 3. The van der Waals surface area contributed by atoms with E-state index < -0.39 is 76.5 Å². The van der Waals surface area contributed by atoms with E-state index in [1.807, 2.05) is 0 Å². The molecule has 0 aromatic carbocycles. The van der Waals surface area contributed by atoms with Crippen LogP contribution in [0.5, 0.6) is 0 Å². The van der Waals surface area contributed by atoms with Gasteiger partial charge >= 0.3 is 5.97 Å². The van der Waals surface area contributed by atoms with Crippen molar-refractivity contribution in [3.8, 4) is 0 Å². The van der Waals surface area contributed by atoms with Gasteiger partial charge in [-0.05, 0) is 49.8 Å². The Morgan fingerprint density at radius 2 is 1.84 bits per heavy atom. The van der Waals surface area contributed by atoms with Gasteiger partial charge in [-0.1, -0.05) is 13.0 Å². The summed E-state index contributed by atoms with van der Waals surface area (Å²) in [4.78, 5) is 36.7. The van der Waals surface area contributed by atoms with Crippen LogP contribution in [0.2, 0.25) is 0 Å². The van der Waals surface area contributed by atoms with E-state index in [0.29, 0.717) is 0 Å². The van der Waals surface area contributed by atoms with E-state index >= 15 is 8.78 Å². The average molecular weight is 454 g/mol. The third-order valence-corrected chi connectivity index (χ3v) is 8.68. The van der Waals surface area contributed by atoms with E-state index in [-0.39, 0.29) is 24.8 Å². The molecule has 0 bridgehead atoms. The summed E-state index contributed by atoms with van der Waals surface area (Å²) in [6.07, 6.45) is -2.36. The number of allylic oxidation sites excluding steroid dienone is 4. The molecule has 0 heterocycles. The summed E-state index contributed by atoms with van der Waals surface area (Å²) >= 11 is 0. The molecule has 0 saturated heterocycles. The van der Waals surface area contributed by atoms with Gasteiger partial charge in [-0.2, -0.15) is 0 Å². The first kappa shape index (κ1) is 23.2. The Kier molecular flexibility index (Phi) is 5.08. The number of fused-ring (bicyclic) bond motifs is 5. The molecule has 0 aliphatic heterocycles. The fourth-order valence-corrected chi connectivity index (χ4v) is 7.29. The number of rotatable bonds is 3. The smallest absolute Gasteiger partial charge is 0.303 e. The zero-order valence-corrected chi connectivity index (χ0v) is 18.2. The highest BCUT2D eigenvalue weighted by atomic mass is 19.1. The molecule has 4 aliphatic carbocycles. The Morgan fingerprint density at radius 3 is 2.44 bits per heavy atom. The van der Waals surface area contributed by atoms with Gasteiger partial charge in [0.1, 0.15) is 18.9 Å². The summed E-state index contributed by atoms with van der Waals surface area (Å²) in [6.45, 7) is 2.97. The highest BCUT2D eigenvalue weighted by Gasteiger charge is 2.78. The number of hydrogen-bond acceptors (Lipinski definition) is 7. The summed E-state index contributed by atoms with van der Waals surface area (Å²) in [7, 11) is 0. The van der Waals surface area contributed by atoms with Crippen LogP contribution in [-0.2, 0) is 19.1 Å². The SMILES string of the molecule is CC(=O)O[C@]1(C(=O)CO)[C@H](O)C[C@H]2[C@@H]3C[C@H](F)C4=CC(=O)C=C[C@]4(C)[C@@]3(F)[C@@H](O)C[C@@]21C. The molecule has 7 nitrogen and oxygen atoms in total. The number of carbonyl (C=O) groups is 3. The minimum atomic E-state index is -2.39. The highest BCUT2D eigenvalue weighted by Crippen LogP contribution is 2.70. The van der Waals surface area contributed by atoms with Crippen molar-refractivity contribution in [2.24, 2.45) is 22.7 Å². The second-order valence-corrected chi connectivity index (χ2v) is 10.0. The van der Waals surface area contributed by atoms with Crippen molar-refractivity contribution in [1.82, 2.24) is 0 Å². The quantitative estimate of drug-likeness (QED) is 0.547. The average Bonchev–Trinajstić information content (AvgIpc) is 2.92. The topological polar surface area (TPSA) is 121 Å². The maximum atomic E-state index is 17.0. The van der Waals surface area contributed by atoms with Crippen LogP contribution in [0.3, 0.4) is 0 Å². The van der Waals surface area contributed by atoms with E-state index in [1.54, 1.807) is 0 Å². The lowest BCUT2D eigenvalue weighted by molar-refractivity contribution is -0.234. The van der Waals surface area contributed by atoms with E-state index in [2.05, 4.69) is 0 Å². The van der Waals surface area contributed by atoms with E-state index in [1.165, 1.54) is 19.9 Å². The lowest BCUT2D eigenvalue weighted by Crippen LogP contribution is -2.71. The van der Waals surface area contributed by atoms with Gasteiger partial charge in [-0.3, -0.25) is 14.4 Å². The Morgan fingerprint density at radius 1 is 1.19 bits per heavy atom. The Hall–Kier alpha value is -1.97. The second kappa shape index (κ2) is 7.01. The molecular formula is C23H28F2O7. The summed E-state index contributed by atoms with van der Waals surface area (Å²) in [5.41, 5.74) is -7.69. The monoisotopic (exact) mass is 454 g/mol. The first-order chi connectivity index (χ1) is 14.8.